The zero-order valence-electron chi connectivity index (χ0n) is 4.91. The van der Waals surface area contributed by atoms with Crippen molar-refractivity contribution >= 4 is 0 Å². The van der Waals surface area contributed by atoms with E-state index in [4.69, 9.17) is 0 Å². The molecule has 7 heavy (non-hydrogen) atoms. The van der Waals surface area contributed by atoms with Gasteiger partial charge in [-0.15, -0.1) is 0 Å². The molecule has 0 aliphatic carbocycles. The van der Waals surface area contributed by atoms with E-state index in [1.165, 1.54) is 25.8 Å². The van der Waals surface area contributed by atoms with Gasteiger partial charge in [-0.1, -0.05) is 6.42 Å². The first-order valence-electron chi connectivity index (χ1n) is 3.13. The van der Waals surface area contributed by atoms with Crippen LogP contribution in [-0.2, 0) is 0 Å². The highest BCUT2D eigenvalue weighted by molar-refractivity contribution is 4.65. The summed E-state index contributed by atoms with van der Waals surface area (Å²) in [6.45, 7) is 3.49. The van der Waals surface area contributed by atoms with Crippen LogP contribution in [0.2, 0.25) is 0 Å². The molecule has 0 unspecified atom stereocenters. The highest BCUT2D eigenvalue weighted by atomic mass is 14.9. The molecule has 42 valence electrons. The standard InChI is InChI=1S/C6H13N/c1-6-4-2-3-5-7-6/h6-7H,2-5H2,1H3/t6-/m1/s1. The third-order valence-corrected chi connectivity index (χ3v) is 1.56. The van der Waals surface area contributed by atoms with E-state index in [0.29, 0.717) is 0 Å². The van der Waals surface area contributed by atoms with Gasteiger partial charge in [0.05, 0.1) is 0 Å². The average molecular weight is 99.2 g/mol. The smallest absolute Gasteiger partial charge is 0.00387 e. The van der Waals surface area contributed by atoms with Crippen LogP contribution < -0.4 is 5.32 Å². The van der Waals surface area contributed by atoms with Crippen LogP contribution in [0.4, 0.5) is 0 Å². The molecule has 1 nitrogen and oxygen atoms in total. The molecule has 1 rings (SSSR count). The second-order valence-corrected chi connectivity index (χ2v) is 2.35. The molecule has 0 spiro atoms. The lowest BCUT2D eigenvalue weighted by atomic mass is 10.1. The number of nitrogens with one attached hydrogen (secondary N) is 1. The van der Waals surface area contributed by atoms with E-state index < -0.39 is 0 Å². The summed E-state index contributed by atoms with van der Waals surface area (Å²) in [5.41, 5.74) is 0. The van der Waals surface area contributed by atoms with Gasteiger partial charge in [0.15, 0.2) is 0 Å². The van der Waals surface area contributed by atoms with Gasteiger partial charge in [-0.05, 0) is 26.3 Å². The van der Waals surface area contributed by atoms with Gasteiger partial charge >= 0.3 is 0 Å². The maximum Gasteiger partial charge on any atom is 0.00387 e. The lowest BCUT2D eigenvalue weighted by Gasteiger charge is -2.18. The lowest BCUT2D eigenvalue weighted by molar-refractivity contribution is 0.425. The first-order chi connectivity index (χ1) is 3.39. The molecular formula is C6H13N. The Kier molecular flexibility index (Phi) is 1.69. The Morgan fingerprint density at radius 1 is 1.43 bits per heavy atom. The van der Waals surface area contributed by atoms with Crippen LogP contribution in [0.15, 0.2) is 0 Å². The summed E-state index contributed by atoms with van der Waals surface area (Å²) in [5.74, 6) is 0. The van der Waals surface area contributed by atoms with Gasteiger partial charge in [-0.3, -0.25) is 0 Å². The Bertz CT molecular complexity index is 46.1. The molecule has 0 amide bonds. The Morgan fingerprint density at radius 2 is 2.29 bits per heavy atom. The maximum absolute atomic E-state index is 3.38. The van der Waals surface area contributed by atoms with E-state index in [1.54, 1.807) is 0 Å². The molecule has 1 fully saturated rings. The van der Waals surface area contributed by atoms with E-state index in [1.807, 2.05) is 0 Å². The van der Waals surface area contributed by atoms with Gasteiger partial charge in [0.1, 0.15) is 0 Å². The summed E-state index contributed by atoms with van der Waals surface area (Å²) in [4.78, 5) is 0. The summed E-state index contributed by atoms with van der Waals surface area (Å²) in [5, 5.41) is 3.38. The van der Waals surface area contributed by atoms with E-state index in [-0.39, 0.29) is 0 Å². The molecule has 1 atom stereocenters. The molecule has 1 saturated heterocycles. The third-order valence-electron chi connectivity index (χ3n) is 1.56. The number of hydrogen-bond donors (Lipinski definition) is 1. The fraction of sp³-hybridized carbons (Fsp3) is 1.00. The Labute approximate surface area is 45.1 Å². The van der Waals surface area contributed by atoms with E-state index in [0.717, 1.165) is 6.04 Å². The van der Waals surface area contributed by atoms with Crippen LogP contribution in [0.3, 0.4) is 0 Å². The molecule has 1 heteroatoms. The minimum Gasteiger partial charge on any atom is -0.314 e. The van der Waals surface area contributed by atoms with Gasteiger partial charge in [0, 0.05) is 6.04 Å². The van der Waals surface area contributed by atoms with Crippen LogP contribution in [0.25, 0.3) is 0 Å². The first kappa shape index (κ1) is 5.10. The van der Waals surface area contributed by atoms with Crippen molar-refractivity contribution in [1.82, 2.24) is 5.32 Å². The minimum absolute atomic E-state index is 0.786. The van der Waals surface area contributed by atoms with E-state index >= 15 is 0 Å². The third kappa shape index (κ3) is 1.48. The van der Waals surface area contributed by atoms with Crippen molar-refractivity contribution < 1.29 is 0 Å². The van der Waals surface area contributed by atoms with Crippen molar-refractivity contribution in [1.29, 1.82) is 0 Å². The Morgan fingerprint density at radius 3 is 2.57 bits per heavy atom. The van der Waals surface area contributed by atoms with Gasteiger partial charge in [0.25, 0.3) is 0 Å². The molecule has 0 aromatic rings. The number of rotatable bonds is 0. The first-order valence-corrected chi connectivity index (χ1v) is 3.13. The molecule has 0 aromatic heterocycles. The topological polar surface area (TPSA) is 12.0 Å². The van der Waals surface area contributed by atoms with Crippen molar-refractivity contribution in [2.45, 2.75) is 32.2 Å². The van der Waals surface area contributed by atoms with Gasteiger partial charge in [-0.2, -0.15) is 0 Å². The van der Waals surface area contributed by atoms with Crippen LogP contribution in [0.5, 0.6) is 0 Å². The maximum atomic E-state index is 3.38. The van der Waals surface area contributed by atoms with Crippen molar-refractivity contribution in [3.05, 3.63) is 0 Å². The highest BCUT2D eigenvalue weighted by Gasteiger charge is 2.04. The fourth-order valence-corrected chi connectivity index (χ4v) is 1.03. The van der Waals surface area contributed by atoms with Crippen LogP contribution in [0, 0.1) is 0 Å². The summed E-state index contributed by atoms with van der Waals surface area (Å²) in [6, 6.07) is 0.786. The largest absolute Gasteiger partial charge is 0.314 e. The summed E-state index contributed by atoms with van der Waals surface area (Å²) in [7, 11) is 0. The second kappa shape index (κ2) is 2.31. The summed E-state index contributed by atoms with van der Waals surface area (Å²) >= 11 is 0. The lowest BCUT2D eigenvalue weighted by Crippen LogP contribution is -2.30. The van der Waals surface area contributed by atoms with Crippen LogP contribution in [-0.4, -0.2) is 12.6 Å². The van der Waals surface area contributed by atoms with Crippen molar-refractivity contribution in [2.75, 3.05) is 6.54 Å². The average Bonchev–Trinajstić information content (AvgIpc) is 1.69. The summed E-state index contributed by atoms with van der Waals surface area (Å²) in [6.07, 6.45) is 4.18. The van der Waals surface area contributed by atoms with Crippen molar-refractivity contribution in [3.8, 4) is 0 Å². The normalized spacial score (nSPS) is 33.0. The number of hydrogen-bond acceptors (Lipinski definition) is 1. The predicted molar refractivity (Wildman–Crippen MR) is 31.3 cm³/mol. The van der Waals surface area contributed by atoms with Gasteiger partial charge < -0.3 is 5.32 Å². The number of piperidine rings is 1. The zero-order valence-corrected chi connectivity index (χ0v) is 4.91. The van der Waals surface area contributed by atoms with Gasteiger partial charge in [0.2, 0.25) is 0 Å². The SMILES string of the molecule is C[C@@H]1CCCCN1. The molecule has 1 aliphatic heterocycles. The van der Waals surface area contributed by atoms with Crippen molar-refractivity contribution in [2.24, 2.45) is 0 Å². The van der Waals surface area contributed by atoms with Gasteiger partial charge in [-0.25, -0.2) is 0 Å². The quantitative estimate of drug-likeness (QED) is 0.480. The fourth-order valence-electron chi connectivity index (χ4n) is 1.03. The molecule has 0 radical (unpaired) electrons. The van der Waals surface area contributed by atoms with Crippen LogP contribution in [0.1, 0.15) is 26.2 Å². The Balaban J connectivity index is 2.12. The Hall–Kier alpha value is -0.0400. The highest BCUT2D eigenvalue weighted by Crippen LogP contribution is 2.04. The summed E-state index contributed by atoms with van der Waals surface area (Å²) < 4.78 is 0. The molecule has 0 aromatic carbocycles. The molecule has 1 aliphatic rings. The minimum atomic E-state index is 0.786. The monoisotopic (exact) mass is 99.1 g/mol. The van der Waals surface area contributed by atoms with Crippen LogP contribution >= 0.6 is 0 Å². The predicted octanol–water partition coefficient (Wildman–Crippen LogP) is 1.15. The van der Waals surface area contributed by atoms with Crippen molar-refractivity contribution in [3.63, 3.8) is 0 Å². The molecule has 0 bridgehead atoms. The molecule has 1 N–H and O–H groups in total. The zero-order chi connectivity index (χ0) is 5.11. The molecular weight excluding hydrogens is 86.1 g/mol. The van der Waals surface area contributed by atoms with E-state index in [9.17, 15) is 0 Å². The second-order valence-electron chi connectivity index (χ2n) is 2.35. The molecule has 0 saturated carbocycles. The van der Waals surface area contributed by atoms with E-state index in [2.05, 4.69) is 12.2 Å². The molecule has 1 heterocycles.